The Labute approximate surface area is 144 Å². The summed E-state index contributed by atoms with van der Waals surface area (Å²) < 4.78 is 0. The summed E-state index contributed by atoms with van der Waals surface area (Å²) in [5.74, 6) is 0.602. The van der Waals surface area contributed by atoms with Crippen LogP contribution in [0.15, 0.2) is 0 Å². The van der Waals surface area contributed by atoms with Crippen molar-refractivity contribution in [2.24, 2.45) is 5.92 Å². The van der Waals surface area contributed by atoms with E-state index in [2.05, 4.69) is 17.6 Å². The summed E-state index contributed by atoms with van der Waals surface area (Å²) in [7, 11) is 0. The minimum atomic E-state index is -0.178. The van der Waals surface area contributed by atoms with E-state index in [1.54, 1.807) is 16.7 Å². The van der Waals surface area contributed by atoms with E-state index >= 15 is 0 Å². The molecule has 0 aromatic carbocycles. The monoisotopic (exact) mass is 338 g/mol. The van der Waals surface area contributed by atoms with E-state index in [-0.39, 0.29) is 23.9 Å². The van der Waals surface area contributed by atoms with Gasteiger partial charge in [-0.2, -0.15) is 0 Å². The Balaban J connectivity index is 1.62. The Morgan fingerprint density at radius 3 is 2.25 bits per heavy atom. The van der Waals surface area contributed by atoms with Gasteiger partial charge in [-0.1, -0.05) is 19.8 Å². The van der Waals surface area contributed by atoms with Crippen LogP contribution in [0, 0.1) is 5.92 Å². The summed E-state index contributed by atoms with van der Waals surface area (Å²) in [6.45, 7) is 6.40. The molecular formula is C17H30N4O3. The second-order valence-corrected chi connectivity index (χ2v) is 6.91. The van der Waals surface area contributed by atoms with Crippen molar-refractivity contribution in [3.8, 4) is 0 Å². The maximum Gasteiger partial charge on any atom is 0.315 e. The molecule has 0 spiro atoms. The molecule has 1 saturated heterocycles. The number of rotatable bonds is 4. The molecule has 2 N–H and O–H groups in total. The summed E-state index contributed by atoms with van der Waals surface area (Å²) in [5, 5.41) is 5.81. The molecule has 1 saturated carbocycles. The Bertz CT molecular complexity index is 461. The molecule has 136 valence electrons. The van der Waals surface area contributed by atoms with E-state index in [0.29, 0.717) is 45.1 Å². The van der Waals surface area contributed by atoms with E-state index in [0.717, 1.165) is 12.8 Å². The van der Waals surface area contributed by atoms with Gasteiger partial charge in [0.25, 0.3) is 0 Å². The number of amides is 4. The lowest BCUT2D eigenvalue weighted by Gasteiger charge is -2.34. The Morgan fingerprint density at radius 1 is 1.00 bits per heavy atom. The number of urea groups is 1. The molecule has 2 rings (SSSR count). The van der Waals surface area contributed by atoms with Crippen molar-refractivity contribution < 1.29 is 14.4 Å². The molecule has 2 fully saturated rings. The molecule has 7 heteroatoms. The third-order valence-corrected chi connectivity index (χ3v) is 5.13. The van der Waals surface area contributed by atoms with Crippen molar-refractivity contribution in [1.29, 1.82) is 0 Å². The summed E-state index contributed by atoms with van der Waals surface area (Å²) in [6, 6.07) is 0.0667. The molecule has 4 amide bonds. The Hall–Kier alpha value is -1.79. The fourth-order valence-corrected chi connectivity index (χ4v) is 3.46. The largest absolute Gasteiger partial charge is 0.339 e. The molecule has 7 nitrogen and oxygen atoms in total. The first-order valence-electron chi connectivity index (χ1n) is 9.05. The van der Waals surface area contributed by atoms with Gasteiger partial charge in [-0.05, 0) is 18.8 Å². The van der Waals surface area contributed by atoms with Crippen LogP contribution >= 0.6 is 0 Å². The van der Waals surface area contributed by atoms with Gasteiger partial charge < -0.3 is 20.4 Å². The number of hydrogen-bond acceptors (Lipinski definition) is 3. The van der Waals surface area contributed by atoms with Crippen LogP contribution < -0.4 is 10.6 Å². The maximum absolute atomic E-state index is 12.1. The molecule has 1 aliphatic heterocycles. The van der Waals surface area contributed by atoms with Gasteiger partial charge in [-0.3, -0.25) is 9.59 Å². The number of carbonyl (C=O) groups excluding carboxylic acids is 3. The van der Waals surface area contributed by atoms with E-state index in [9.17, 15) is 14.4 Å². The van der Waals surface area contributed by atoms with Gasteiger partial charge >= 0.3 is 6.03 Å². The van der Waals surface area contributed by atoms with Gasteiger partial charge in [0.05, 0.1) is 0 Å². The van der Waals surface area contributed by atoms with Crippen LogP contribution in [-0.4, -0.2) is 66.4 Å². The second kappa shape index (κ2) is 8.89. The normalized spacial score (nSPS) is 24.4. The second-order valence-electron chi connectivity index (χ2n) is 6.91. The summed E-state index contributed by atoms with van der Waals surface area (Å²) >= 11 is 0. The molecule has 2 atom stereocenters. The average Bonchev–Trinajstić information content (AvgIpc) is 2.57. The third kappa shape index (κ3) is 5.39. The molecule has 0 unspecified atom stereocenters. The van der Waals surface area contributed by atoms with Crippen LogP contribution in [0.1, 0.15) is 46.0 Å². The van der Waals surface area contributed by atoms with E-state index in [1.807, 2.05) is 0 Å². The minimum absolute atomic E-state index is 0.0320. The third-order valence-electron chi connectivity index (χ3n) is 5.13. The molecule has 0 aromatic heterocycles. The Morgan fingerprint density at radius 2 is 1.62 bits per heavy atom. The zero-order chi connectivity index (χ0) is 17.5. The summed E-state index contributed by atoms with van der Waals surface area (Å²) in [5.41, 5.74) is 0. The van der Waals surface area contributed by atoms with Crippen molar-refractivity contribution in [1.82, 2.24) is 20.4 Å². The van der Waals surface area contributed by atoms with Gasteiger partial charge in [-0.15, -0.1) is 0 Å². The van der Waals surface area contributed by atoms with Crippen molar-refractivity contribution >= 4 is 17.8 Å². The zero-order valence-corrected chi connectivity index (χ0v) is 14.8. The SMILES string of the molecule is CC(=O)N1CCN(C(=O)CCNC(=O)N[C@@H]2CCCC[C@H]2C)CC1. The molecule has 0 bridgehead atoms. The molecule has 0 radical (unpaired) electrons. The highest BCUT2D eigenvalue weighted by Crippen LogP contribution is 2.23. The fourth-order valence-electron chi connectivity index (χ4n) is 3.46. The minimum Gasteiger partial charge on any atom is -0.339 e. The first kappa shape index (κ1) is 18.5. The van der Waals surface area contributed by atoms with Gasteiger partial charge in [0, 0.05) is 52.1 Å². The lowest BCUT2D eigenvalue weighted by molar-refractivity contribution is -0.138. The molecule has 0 aromatic rings. The highest BCUT2D eigenvalue weighted by atomic mass is 16.2. The summed E-state index contributed by atoms with van der Waals surface area (Å²) in [4.78, 5) is 38.9. The van der Waals surface area contributed by atoms with Crippen molar-refractivity contribution in [2.75, 3.05) is 32.7 Å². The van der Waals surface area contributed by atoms with Gasteiger partial charge in [0.1, 0.15) is 0 Å². The predicted molar refractivity (Wildman–Crippen MR) is 91.4 cm³/mol. The van der Waals surface area contributed by atoms with Crippen LogP contribution in [0.2, 0.25) is 0 Å². The molecule has 24 heavy (non-hydrogen) atoms. The number of nitrogens with zero attached hydrogens (tertiary/aromatic N) is 2. The first-order valence-corrected chi connectivity index (χ1v) is 9.05. The highest BCUT2D eigenvalue weighted by molar-refractivity contribution is 5.79. The molecule has 1 heterocycles. The van der Waals surface area contributed by atoms with Crippen LogP contribution in [-0.2, 0) is 9.59 Å². The number of carbonyl (C=O) groups is 3. The van der Waals surface area contributed by atoms with Gasteiger partial charge in [0.2, 0.25) is 11.8 Å². The average molecular weight is 338 g/mol. The predicted octanol–water partition coefficient (Wildman–Crippen LogP) is 0.945. The number of nitrogens with one attached hydrogen (secondary N) is 2. The molecule has 2 aliphatic rings. The van der Waals surface area contributed by atoms with Crippen molar-refractivity contribution in [3.05, 3.63) is 0 Å². The quantitative estimate of drug-likeness (QED) is 0.800. The van der Waals surface area contributed by atoms with E-state index in [4.69, 9.17) is 0 Å². The van der Waals surface area contributed by atoms with Crippen LogP contribution in [0.4, 0.5) is 4.79 Å². The van der Waals surface area contributed by atoms with Crippen molar-refractivity contribution in [3.63, 3.8) is 0 Å². The topological polar surface area (TPSA) is 81.8 Å². The van der Waals surface area contributed by atoms with Crippen LogP contribution in [0.5, 0.6) is 0 Å². The fraction of sp³-hybridized carbons (Fsp3) is 0.824. The van der Waals surface area contributed by atoms with E-state index < -0.39 is 0 Å². The zero-order valence-electron chi connectivity index (χ0n) is 14.8. The lowest BCUT2D eigenvalue weighted by Crippen LogP contribution is -2.51. The van der Waals surface area contributed by atoms with Crippen LogP contribution in [0.25, 0.3) is 0 Å². The summed E-state index contributed by atoms with van der Waals surface area (Å²) in [6.07, 6.45) is 4.91. The van der Waals surface area contributed by atoms with Gasteiger partial charge in [-0.25, -0.2) is 4.79 Å². The molecule has 1 aliphatic carbocycles. The number of piperazine rings is 1. The number of hydrogen-bond donors (Lipinski definition) is 2. The maximum atomic E-state index is 12.1. The lowest BCUT2D eigenvalue weighted by atomic mass is 9.86. The molecular weight excluding hydrogens is 308 g/mol. The van der Waals surface area contributed by atoms with Crippen molar-refractivity contribution in [2.45, 2.75) is 52.0 Å². The van der Waals surface area contributed by atoms with Crippen LogP contribution in [0.3, 0.4) is 0 Å². The Kier molecular flexibility index (Phi) is 6.87. The highest BCUT2D eigenvalue weighted by Gasteiger charge is 2.24. The smallest absolute Gasteiger partial charge is 0.315 e. The first-order chi connectivity index (χ1) is 11.5. The van der Waals surface area contributed by atoms with E-state index in [1.165, 1.54) is 12.8 Å². The van der Waals surface area contributed by atoms with Gasteiger partial charge in [0.15, 0.2) is 0 Å². The standard InChI is InChI=1S/C17H30N4O3/c1-13-5-3-4-6-15(13)19-17(24)18-8-7-16(23)21-11-9-20(10-12-21)14(2)22/h13,15H,3-12H2,1-2H3,(H2,18,19,24)/t13-,15-/m1/s1.